The molecule has 0 radical (unpaired) electrons. The number of hydrogen-bond acceptors (Lipinski definition) is 3. The molecule has 1 aromatic heterocycles. The van der Waals surface area contributed by atoms with E-state index >= 15 is 0 Å². The van der Waals surface area contributed by atoms with Crippen LogP contribution in [0.4, 0.5) is 0 Å². The van der Waals surface area contributed by atoms with Crippen molar-refractivity contribution in [2.45, 2.75) is 19.8 Å². The molecule has 0 amide bonds. The molecule has 0 aliphatic rings. The van der Waals surface area contributed by atoms with Gasteiger partial charge in [0.05, 0.1) is 17.6 Å². The first-order valence-corrected chi connectivity index (χ1v) is 6.30. The summed E-state index contributed by atoms with van der Waals surface area (Å²) in [4.78, 5) is 4.66. The van der Waals surface area contributed by atoms with Crippen molar-refractivity contribution in [1.29, 1.82) is 0 Å². The first-order valence-electron chi connectivity index (χ1n) is 5.92. The van der Waals surface area contributed by atoms with E-state index in [1.165, 1.54) is 0 Å². The lowest BCUT2D eigenvalue weighted by Crippen LogP contribution is -2.12. The molecule has 2 N–H and O–H groups in total. The van der Waals surface area contributed by atoms with E-state index in [-0.39, 0.29) is 5.92 Å². The number of pyridine rings is 1. The Balaban J connectivity index is 2.74. The summed E-state index contributed by atoms with van der Waals surface area (Å²) in [5.74, 6) is 1.01. The molecule has 1 aromatic carbocycles. The van der Waals surface area contributed by atoms with E-state index in [9.17, 15) is 0 Å². The standard InChI is InChI=1S/C14H17ClN2O/c1-8-6-10-12(18-3)5-4-11(15)14(10)17-13(8)9(2)7-16/h4-6,9H,7,16H2,1-3H3. The molecule has 0 aliphatic heterocycles. The van der Waals surface area contributed by atoms with Crippen LogP contribution in [0.3, 0.4) is 0 Å². The maximum Gasteiger partial charge on any atom is 0.128 e. The van der Waals surface area contributed by atoms with Gasteiger partial charge in [-0.3, -0.25) is 4.98 Å². The molecule has 0 saturated carbocycles. The van der Waals surface area contributed by atoms with Crippen molar-refractivity contribution in [3.63, 3.8) is 0 Å². The summed E-state index contributed by atoms with van der Waals surface area (Å²) in [7, 11) is 1.65. The second kappa shape index (κ2) is 5.12. The lowest BCUT2D eigenvalue weighted by molar-refractivity contribution is 0.419. The number of aromatic nitrogens is 1. The third-order valence-corrected chi connectivity index (χ3v) is 3.47. The number of ether oxygens (including phenoxy) is 1. The fourth-order valence-corrected chi connectivity index (χ4v) is 2.31. The summed E-state index contributed by atoms with van der Waals surface area (Å²) in [5.41, 5.74) is 8.60. The van der Waals surface area contributed by atoms with Crippen LogP contribution in [0.25, 0.3) is 10.9 Å². The van der Waals surface area contributed by atoms with E-state index in [1.807, 2.05) is 19.1 Å². The summed E-state index contributed by atoms with van der Waals surface area (Å²) >= 11 is 6.21. The van der Waals surface area contributed by atoms with E-state index in [0.717, 1.165) is 27.9 Å². The number of methoxy groups -OCH3 is 1. The number of rotatable bonds is 3. The van der Waals surface area contributed by atoms with Crippen LogP contribution in [-0.4, -0.2) is 18.6 Å². The topological polar surface area (TPSA) is 48.1 Å². The van der Waals surface area contributed by atoms with Gasteiger partial charge in [0.1, 0.15) is 5.75 Å². The van der Waals surface area contributed by atoms with Crippen LogP contribution in [0.1, 0.15) is 24.1 Å². The van der Waals surface area contributed by atoms with Crippen molar-refractivity contribution in [3.8, 4) is 5.75 Å². The number of nitrogens with zero attached hydrogens (tertiary/aromatic N) is 1. The monoisotopic (exact) mass is 264 g/mol. The van der Waals surface area contributed by atoms with Gasteiger partial charge in [-0.15, -0.1) is 0 Å². The number of aryl methyl sites for hydroxylation is 1. The molecule has 1 heterocycles. The van der Waals surface area contributed by atoms with Gasteiger partial charge < -0.3 is 10.5 Å². The van der Waals surface area contributed by atoms with Crippen LogP contribution >= 0.6 is 11.6 Å². The molecule has 0 saturated heterocycles. The summed E-state index contributed by atoms with van der Waals surface area (Å²) in [6.45, 7) is 4.67. The van der Waals surface area contributed by atoms with Gasteiger partial charge in [0.15, 0.2) is 0 Å². The Bertz CT molecular complexity index is 584. The predicted octanol–water partition coefficient (Wildman–Crippen LogP) is 3.27. The molecular formula is C14H17ClN2O. The molecular weight excluding hydrogens is 248 g/mol. The van der Waals surface area contributed by atoms with Gasteiger partial charge in [0.2, 0.25) is 0 Å². The zero-order valence-electron chi connectivity index (χ0n) is 10.8. The van der Waals surface area contributed by atoms with Crippen molar-refractivity contribution in [2.75, 3.05) is 13.7 Å². The Kier molecular flexibility index (Phi) is 3.73. The van der Waals surface area contributed by atoms with Gasteiger partial charge in [-0.2, -0.15) is 0 Å². The second-order valence-electron chi connectivity index (χ2n) is 4.47. The Morgan fingerprint density at radius 3 is 2.78 bits per heavy atom. The lowest BCUT2D eigenvalue weighted by atomic mass is 10.0. The minimum absolute atomic E-state index is 0.219. The highest BCUT2D eigenvalue weighted by atomic mass is 35.5. The van der Waals surface area contributed by atoms with Crippen LogP contribution in [0, 0.1) is 6.92 Å². The molecule has 2 aromatic rings. The quantitative estimate of drug-likeness (QED) is 0.926. The summed E-state index contributed by atoms with van der Waals surface area (Å²) < 4.78 is 5.34. The molecule has 4 heteroatoms. The number of benzene rings is 1. The minimum Gasteiger partial charge on any atom is -0.496 e. The van der Waals surface area contributed by atoms with Crippen LogP contribution in [-0.2, 0) is 0 Å². The Morgan fingerprint density at radius 2 is 2.17 bits per heavy atom. The fourth-order valence-electron chi connectivity index (χ4n) is 2.10. The van der Waals surface area contributed by atoms with Crippen LogP contribution < -0.4 is 10.5 Å². The summed E-state index contributed by atoms with van der Waals surface area (Å²) in [6, 6.07) is 5.73. The van der Waals surface area contributed by atoms with E-state index in [2.05, 4.69) is 18.0 Å². The molecule has 0 aliphatic carbocycles. The van der Waals surface area contributed by atoms with Crippen LogP contribution in [0.5, 0.6) is 5.75 Å². The van der Waals surface area contributed by atoms with Crippen molar-refractivity contribution < 1.29 is 4.74 Å². The van der Waals surface area contributed by atoms with Crippen LogP contribution in [0.2, 0.25) is 5.02 Å². The second-order valence-corrected chi connectivity index (χ2v) is 4.88. The van der Waals surface area contributed by atoms with Gasteiger partial charge in [-0.05, 0) is 30.7 Å². The Hall–Kier alpha value is -1.32. The first kappa shape index (κ1) is 13.1. The molecule has 96 valence electrons. The maximum absolute atomic E-state index is 6.21. The molecule has 1 unspecified atom stereocenters. The highest BCUT2D eigenvalue weighted by Crippen LogP contribution is 2.32. The zero-order chi connectivity index (χ0) is 13.3. The fraction of sp³-hybridized carbons (Fsp3) is 0.357. The van der Waals surface area contributed by atoms with Crippen LogP contribution in [0.15, 0.2) is 18.2 Å². The largest absolute Gasteiger partial charge is 0.496 e. The Labute approximate surface area is 112 Å². The predicted molar refractivity (Wildman–Crippen MR) is 75.5 cm³/mol. The van der Waals surface area contributed by atoms with Gasteiger partial charge in [-0.25, -0.2) is 0 Å². The number of halogens is 1. The molecule has 2 rings (SSSR count). The molecule has 0 spiro atoms. The number of fused-ring (bicyclic) bond motifs is 1. The van der Waals surface area contributed by atoms with E-state index in [0.29, 0.717) is 11.6 Å². The first-order chi connectivity index (χ1) is 8.58. The van der Waals surface area contributed by atoms with E-state index in [1.54, 1.807) is 7.11 Å². The van der Waals surface area contributed by atoms with Gasteiger partial charge in [0, 0.05) is 23.5 Å². The molecule has 18 heavy (non-hydrogen) atoms. The third kappa shape index (κ3) is 2.16. The smallest absolute Gasteiger partial charge is 0.128 e. The molecule has 3 nitrogen and oxygen atoms in total. The highest BCUT2D eigenvalue weighted by molar-refractivity contribution is 6.35. The summed E-state index contributed by atoms with van der Waals surface area (Å²) in [6.07, 6.45) is 0. The van der Waals surface area contributed by atoms with Gasteiger partial charge >= 0.3 is 0 Å². The van der Waals surface area contributed by atoms with Crippen molar-refractivity contribution in [3.05, 3.63) is 34.5 Å². The number of nitrogens with two attached hydrogens (primary N) is 1. The summed E-state index contributed by atoms with van der Waals surface area (Å²) in [5, 5.41) is 1.58. The highest BCUT2D eigenvalue weighted by Gasteiger charge is 2.14. The van der Waals surface area contributed by atoms with Crippen molar-refractivity contribution in [1.82, 2.24) is 4.98 Å². The van der Waals surface area contributed by atoms with Crippen molar-refractivity contribution in [2.24, 2.45) is 5.73 Å². The molecule has 1 atom stereocenters. The third-order valence-electron chi connectivity index (χ3n) is 3.17. The van der Waals surface area contributed by atoms with Gasteiger partial charge in [-0.1, -0.05) is 18.5 Å². The average molecular weight is 265 g/mol. The van der Waals surface area contributed by atoms with E-state index in [4.69, 9.17) is 22.1 Å². The maximum atomic E-state index is 6.21. The Morgan fingerprint density at radius 1 is 1.44 bits per heavy atom. The molecule has 0 fully saturated rings. The SMILES string of the molecule is COc1ccc(Cl)c2nc(C(C)CN)c(C)cc12. The zero-order valence-corrected chi connectivity index (χ0v) is 11.6. The lowest BCUT2D eigenvalue weighted by Gasteiger charge is -2.14. The number of hydrogen-bond donors (Lipinski definition) is 1. The minimum atomic E-state index is 0.219. The van der Waals surface area contributed by atoms with Gasteiger partial charge in [0.25, 0.3) is 0 Å². The van der Waals surface area contributed by atoms with Crippen molar-refractivity contribution >= 4 is 22.5 Å². The molecule has 0 bridgehead atoms. The average Bonchev–Trinajstić information content (AvgIpc) is 2.38. The normalized spacial score (nSPS) is 12.7. The van der Waals surface area contributed by atoms with E-state index < -0.39 is 0 Å².